The quantitative estimate of drug-likeness (QED) is 0.880. The Balaban J connectivity index is 2.02. The lowest BCUT2D eigenvalue weighted by Crippen LogP contribution is -2.41. The first-order valence-corrected chi connectivity index (χ1v) is 6.99. The molecule has 0 radical (unpaired) electrons. The number of nitrogens with one attached hydrogen (secondary N) is 1. The average molecular weight is 267 g/mol. The number of hydrogen-bond donors (Lipinski definition) is 2. The Morgan fingerprint density at radius 2 is 2.32 bits per heavy atom. The second kappa shape index (κ2) is 5.82. The second-order valence-electron chi connectivity index (χ2n) is 5.62. The molecule has 2 rings (SSSR count). The predicted molar refractivity (Wildman–Crippen MR) is 72.4 cm³/mol. The minimum Gasteiger partial charge on any atom is -0.388 e. The van der Waals surface area contributed by atoms with Crippen LogP contribution in [0.4, 0.5) is 10.2 Å². The lowest BCUT2D eigenvalue weighted by atomic mass is 9.79. The zero-order valence-corrected chi connectivity index (χ0v) is 11.6. The van der Waals surface area contributed by atoms with Gasteiger partial charge in [0.2, 0.25) is 0 Å². The zero-order valence-electron chi connectivity index (χ0n) is 11.6. The summed E-state index contributed by atoms with van der Waals surface area (Å²) in [5.41, 5.74) is -0.344. The molecular weight excluding hydrogens is 245 g/mol. The Bertz CT molecular complexity index is 441. The molecule has 106 valence electrons. The molecule has 1 heterocycles. The topological polar surface area (TPSA) is 58.0 Å². The van der Waals surface area contributed by atoms with Crippen LogP contribution in [0.1, 0.15) is 45.2 Å². The van der Waals surface area contributed by atoms with Gasteiger partial charge in [0, 0.05) is 6.54 Å². The first-order chi connectivity index (χ1) is 9.04. The highest BCUT2D eigenvalue weighted by Gasteiger charge is 2.32. The van der Waals surface area contributed by atoms with Gasteiger partial charge in [-0.05, 0) is 25.2 Å². The number of aromatic nitrogens is 2. The highest BCUT2D eigenvalue weighted by atomic mass is 19.1. The van der Waals surface area contributed by atoms with Gasteiger partial charge in [-0.1, -0.05) is 26.7 Å². The monoisotopic (exact) mass is 267 g/mol. The molecule has 0 amide bonds. The maximum absolute atomic E-state index is 14.0. The van der Waals surface area contributed by atoms with E-state index in [2.05, 4.69) is 22.2 Å². The van der Waals surface area contributed by atoms with Crippen molar-refractivity contribution in [2.75, 3.05) is 11.9 Å². The molecule has 1 aliphatic rings. The number of rotatable bonds is 4. The molecule has 0 aliphatic heterocycles. The zero-order chi connectivity index (χ0) is 13.9. The molecule has 2 atom stereocenters. The first kappa shape index (κ1) is 14.2. The van der Waals surface area contributed by atoms with Gasteiger partial charge in [-0.2, -0.15) is 0 Å². The number of halogens is 1. The lowest BCUT2D eigenvalue weighted by Gasteiger charge is -2.35. The van der Waals surface area contributed by atoms with E-state index in [1.54, 1.807) is 0 Å². The fraction of sp³-hybridized carbons (Fsp3) is 0.714. The van der Waals surface area contributed by atoms with Crippen LogP contribution in [0.3, 0.4) is 0 Å². The highest BCUT2D eigenvalue weighted by Crippen LogP contribution is 2.32. The van der Waals surface area contributed by atoms with Crippen LogP contribution in [0, 0.1) is 11.7 Å². The van der Waals surface area contributed by atoms with Crippen LogP contribution in [0.25, 0.3) is 0 Å². The normalized spacial score (nSPS) is 27.3. The van der Waals surface area contributed by atoms with Crippen LogP contribution in [0.5, 0.6) is 0 Å². The molecule has 1 aromatic rings. The van der Waals surface area contributed by atoms with Crippen molar-refractivity contribution in [1.29, 1.82) is 0 Å². The Labute approximate surface area is 113 Å². The maximum Gasteiger partial charge on any atom is 0.186 e. The van der Waals surface area contributed by atoms with Gasteiger partial charge < -0.3 is 10.4 Å². The third kappa shape index (κ3) is 3.41. The van der Waals surface area contributed by atoms with E-state index in [-0.39, 0.29) is 5.82 Å². The molecule has 1 fully saturated rings. The maximum atomic E-state index is 14.0. The summed E-state index contributed by atoms with van der Waals surface area (Å²) in [5, 5.41) is 13.4. The van der Waals surface area contributed by atoms with Gasteiger partial charge in [-0.15, -0.1) is 0 Å². The molecule has 1 saturated carbocycles. The SMILES string of the molecule is CCc1ncnc(NCC2(O)CCCC(C)C2)c1F. The van der Waals surface area contributed by atoms with Gasteiger partial charge in [-0.3, -0.25) is 0 Å². The number of aryl methyl sites for hydroxylation is 1. The van der Waals surface area contributed by atoms with Crippen molar-refractivity contribution in [3.8, 4) is 0 Å². The summed E-state index contributed by atoms with van der Waals surface area (Å²) in [7, 11) is 0. The van der Waals surface area contributed by atoms with Crippen LogP contribution < -0.4 is 5.32 Å². The smallest absolute Gasteiger partial charge is 0.186 e. The molecule has 19 heavy (non-hydrogen) atoms. The molecule has 5 heteroatoms. The van der Waals surface area contributed by atoms with Crippen molar-refractivity contribution >= 4 is 5.82 Å². The summed E-state index contributed by atoms with van der Waals surface area (Å²) in [6.07, 6.45) is 5.59. The molecular formula is C14H22FN3O. The lowest BCUT2D eigenvalue weighted by molar-refractivity contribution is -0.000878. The number of hydrogen-bond acceptors (Lipinski definition) is 4. The van der Waals surface area contributed by atoms with E-state index in [1.807, 2.05) is 6.92 Å². The molecule has 1 aliphatic carbocycles. The van der Waals surface area contributed by atoms with Crippen molar-refractivity contribution in [1.82, 2.24) is 9.97 Å². The third-order valence-corrected chi connectivity index (χ3v) is 3.85. The van der Waals surface area contributed by atoms with Crippen LogP contribution in [0.2, 0.25) is 0 Å². The van der Waals surface area contributed by atoms with Crippen molar-refractivity contribution < 1.29 is 9.50 Å². The van der Waals surface area contributed by atoms with E-state index in [4.69, 9.17) is 0 Å². The van der Waals surface area contributed by atoms with E-state index < -0.39 is 11.4 Å². The summed E-state index contributed by atoms with van der Waals surface area (Å²) >= 11 is 0. The predicted octanol–water partition coefficient (Wildman–Crippen LogP) is 2.53. The summed E-state index contributed by atoms with van der Waals surface area (Å²) < 4.78 is 14.0. The fourth-order valence-electron chi connectivity index (χ4n) is 2.82. The van der Waals surface area contributed by atoms with Gasteiger partial charge >= 0.3 is 0 Å². The Morgan fingerprint density at radius 1 is 1.53 bits per heavy atom. The summed E-state index contributed by atoms with van der Waals surface area (Å²) in [5.74, 6) is 0.304. The van der Waals surface area contributed by atoms with E-state index in [0.717, 1.165) is 25.7 Å². The van der Waals surface area contributed by atoms with Crippen molar-refractivity contribution in [3.05, 3.63) is 17.8 Å². The Kier molecular flexibility index (Phi) is 4.34. The minimum atomic E-state index is -0.749. The minimum absolute atomic E-state index is 0.193. The number of nitrogens with zero attached hydrogens (tertiary/aromatic N) is 2. The molecule has 0 spiro atoms. The van der Waals surface area contributed by atoms with E-state index in [0.29, 0.717) is 24.6 Å². The Morgan fingerprint density at radius 3 is 3.00 bits per heavy atom. The van der Waals surface area contributed by atoms with Crippen LogP contribution in [-0.2, 0) is 6.42 Å². The molecule has 0 aromatic carbocycles. The Hall–Kier alpha value is -1.23. The molecule has 0 saturated heterocycles. The third-order valence-electron chi connectivity index (χ3n) is 3.85. The summed E-state index contributed by atoms with van der Waals surface area (Å²) in [4.78, 5) is 7.81. The van der Waals surface area contributed by atoms with E-state index >= 15 is 0 Å². The van der Waals surface area contributed by atoms with Gasteiger partial charge in [-0.25, -0.2) is 14.4 Å². The van der Waals surface area contributed by atoms with Gasteiger partial charge in [0.1, 0.15) is 6.33 Å². The molecule has 0 bridgehead atoms. The van der Waals surface area contributed by atoms with Crippen LogP contribution in [-0.4, -0.2) is 27.2 Å². The fourth-order valence-corrected chi connectivity index (χ4v) is 2.82. The molecule has 2 N–H and O–H groups in total. The first-order valence-electron chi connectivity index (χ1n) is 6.99. The van der Waals surface area contributed by atoms with Crippen LogP contribution in [0.15, 0.2) is 6.33 Å². The van der Waals surface area contributed by atoms with Crippen molar-refractivity contribution in [3.63, 3.8) is 0 Å². The summed E-state index contributed by atoms with van der Waals surface area (Å²) in [6, 6.07) is 0. The van der Waals surface area contributed by atoms with Crippen molar-refractivity contribution in [2.24, 2.45) is 5.92 Å². The number of aliphatic hydroxyl groups is 1. The van der Waals surface area contributed by atoms with E-state index in [1.165, 1.54) is 6.33 Å². The van der Waals surface area contributed by atoms with E-state index in [9.17, 15) is 9.50 Å². The van der Waals surface area contributed by atoms with Crippen LogP contribution >= 0.6 is 0 Å². The largest absolute Gasteiger partial charge is 0.388 e. The average Bonchev–Trinajstić information content (AvgIpc) is 2.37. The van der Waals surface area contributed by atoms with Gasteiger partial charge in [0.05, 0.1) is 11.3 Å². The molecule has 4 nitrogen and oxygen atoms in total. The summed E-state index contributed by atoms with van der Waals surface area (Å²) in [6.45, 7) is 4.34. The highest BCUT2D eigenvalue weighted by molar-refractivity contribution is 5.37. The standard InChI is InChI=1S/C14H22FN3O/c1-3-11-12(15)13(18-9-17-11)16-8-14(19)6-4-5-10(2)7-14/h9-10,19H,3-8H2,1-2H3,(H,16,17,18). The van der Waals surface area contributed by atoms with Crippen molar-refractivity contribution in [2.45, 2.75) is 51.6 Å². The van der Waals surface area contributed by atoms with Gasteiger partial charge in [0.25, 0.3) is 0 Å². The number of anilines is 1. The van der Waals surface area contributed by atoms with Gasteiger partial charge in [0.15, 0.2) is 11.6 Å². The molecule has 2 unspecified atom stereocenters. The second-order valence-corrected chi connectivity index (χ2v) is 5.62. The molecule has 1 aromatic heterocycles.